The summed E-state index contributed by atoms with van der Waals surface area (Å²) in [4.78, 5) is 4.14. The largest absolute Gasteiger partial charge is 0.336 e. The first-order valence-electron chi connectivity index (χ1n) is 6.66. The number of halogens is 4. The number of aromatic nitrogens is 3. The number of anilines is 4. The second-order valence-corrected chi connectivity index (χ2v) is 5.45. The van der Waals surface area contributed by atoms with Crippen LogP contribution in [0.3, 0.4) is 0 Å². The van der Waals surface area contributed by atoms with E-state index in [1.165, 1.54) is 12.3 Å². The standard InChI is InChI=1S/C15H9Cl2F2N5/c16-9-2-1-3-10(17)14(9)22-13-7-20-24-15(23-13)21-12-5-4-8(18)6-11(12)19/h1-7H,(H2,21,22,23,24). The molecular formula is C15H9Cl2F2N5. The smallest absolute Gasteiger partial charge is 0.249 e. The molecule has 2 aromatic carbocycles. The van der Waals surface area contributed by atoms with Crippen LogP contribution in [0.15, 0.2) is 42.6 Å². The highest BCUT2D eigenvalue weighted by Gasteiger charge is 2.09. The molecule has 0 aliphatic rings. The van der Waals surface area contributed by atoms with Gasteiger partial charge in [0.05, 0.1) is 27.6 Å². The summed E-state index contributed by atoms with van der Waals surface area (Å²) in [5, 5.41) is 13.9. The minimum absolute atomic E-state index is 0.0196. The lowest BCUT2D eigenvalue weighted by Crippen LogP contribution is -2.04. The predicted molar refractivity (Wildman–Crippen MR) is 89.2 cm³/mol. The molecule has 0 saturated heterocycles. The summed E-state index contributed by atoms with van der Waals surface area (Å²) in [7, 11) is 0. The lowest BCUT2D eigenvalue weighted by Gasteiger charge is -2.10. The molecule has 2 N–H and O–H groups in total. The highest BCUT2D eigenvalue weighted by Crippen LogP contribution is 2.32. The van der Waals surface area contributed by atoms with Crippen LogP contribution < -0.4 is 10.6 Å². The van der Waals surface area contributed by atoms with Gasteiger partial charge in [0, 0.05) is 6.07 Å². The van der Waals surface area contributed by atoms with Crippen molar-refractivity contribution < 1.29 is 8.78 Å². The molecule has 122 valence electrons. The van der Waals surface area contributed by atoms with Crippen LogP contribution in [0.1, 0.15) is 0 Å². The van der Waals surface area contributed by atoms with E-state index in [2.05, 4.69) is 25.8 Å². The first-order valence-corrected chi connectivity index (χ1v) is 7.41. The molecule has 5 nitrogen and oxygen atoms in total. The van der Waals surface area contributed by atoms with E-state index < -0.39 is 11.6 Å². The Morgan fingerprint density at radius 2 is 1.71 bits per heavy atom. The van der Waals surface area contributed by atoms with Crippen molar-refractivity contribution in [1.29, 1.82) is 0 Å². The van der Waals surface area contributed by atoms with Gasteiger partial charge in [-0.15, -0.1) is 5.10 Å². The Morgan fingerprint density at radius 3 is 2.42 bits per heavy atom. The summed E-state index contributed by atoms with van der Waals surface area (Å²) in [5.41, 5.74) is 0.478. The van der Waals surface area contributed by atoms with Crippen LogP contribution >= 0.6 is 23.2 Å². The number of rotatable bonds is 4. The molecule has 24 heavy (non-hydrogen) atoms. The van der Waals surface area contributed by atoms with E-state index in [0.717, 1.165) is 12.1 Å². The van der Waals surface area contributed by atoms with Gasteiger partial charge < -0.3 is 10.6 Å². The summed E-state index contributed by atoms with van der Waals surface area (Å²) in [5.74, 6) is -1.13. The molecule has 0 atom stereocenters. The Labute approximate surface area is 145 Å². The lowest BCUT2D eigenvalue weighted by molar-refractivity contribution is 0.586. The van der Waals surface area contributed by atoms with E-state index >= 15 is 0 Å². The Morgan fingerprint density at radius 1 is 0.958 bits per heavy atom. The lowest BCUT2D eigenvalue weighted by atomic mass is 10.3. The molecule has 0 aliphatic heterocycles. The van der Waals surface area contributed by atoms with Gasteiger partial charge >= 0.3 is 0 Å². The van der Waals surface area contributed by atoms with Crippen LogP contribution in [-0.2, 0) is 0 Å². The number of nitrogens with one attached hydrogen (secondary N) is 2. The van der Waals surface area contributed by atoms with Crippen LogP contribution in [0.4, 0.5) is 31.9 Å². The first-order chi connectivity index (χ1) is 11.5. The molecule has 0 spiro atoms. The van der Waals surface area contributed by atoms with Crippen molar-refractivity contribution in [3.05, 3.63) is 64.3 Å². The van der Waals surface area contributed by atoms with E-state index in [4.69, 9.17) is 23.2 Å². The molecule has 0 aliphatic carbocycles. The van der Waals surface area contributed by atoms with Crippen LogP contribution in [0, 0.1) is 11.6 Å². The monoisotopic (exact) mass is 367 g/mol. The molecule has 3 rings (SSSR count). The van der Waals surface area contributed by atoms with E-state index in [1.54, 1.807) is 18.2 Å². The van der Waals surface area contributed by atoms with Crippen LogP contribution in [-0.4, -0.2) is 15.2 Å². The average Bonchev–Trinajstić information content (AvgIpc) is 2.54. The topological polar surface area (TPSA) is 62.7 Å². The van der Waals surface area contributed by atoms with E-state index in [-0.39, 0.29) is 11.6 Å². The minimum Gasteiger partial charge on any atom is -0.336 e. The van der Waals surface area contributed by atoms with Gasteiger partial charge in [-0.1, -0.05) is 29.3 Å². The maximum atomic E-state index is 13.7. The van der Waals surface area contributed by atoms with Gasteiger partial charge in [0.25, 0.3) is 0 Å². The highest BCUT2D eigenvalue weighted by atomic mass is 35.5. The summed E-state index contributed by atoms with van der Waals surface area (Å²) in [6.45, 7) is 0. The molecule has 0 bridgehead atoms. The van der Waals surface area contributed by atoms with Crippen LogP contribution in [0.25, 0.3) is 0 Å². The summed E-state index contributed by atoms with van der Waals surface area (Å²) in [6.07, 6.45) is 1.35. The van der Waals surface area contributed by atoms with Gasteiger partial charge in [0.2, 0.25) is 5.95 Å². The summed E-state index contributed by atoms with van der Waals surface area (Å²) >= 11 is 12.1. The maximum Gasteiger partial charge on any atom is 0.249 e. The van der Waals surface area contributed by atoms with Gasteiger partial charge in [-0.05, 0) is 24.3 Å². The molecule has 1 aromatic heterocycles. The first kappa shape index (κ1) is 16.4. The third kappa shape index (κ3) is 3.69. The van der Waals surface area contributed by atoms with Gasteiger partial charge in [0.1, 0.15) is 11.6 Å². The molecular weight excluding hydrogens is 359 g/mol. The van der Waals surface area contributed by atoms with Crippen molar-refractivity contribution >= 4 is 46.3 Å². The van der Waals surface area contributed by atoms with E-state index in [9.17, 15) is 8.78 Å². The Hall–Kier alpha value is -2.51. The van der Waals surface area contributed by atoms with Gasteiger partial charge in [0.15, 0.2) is 5.82 Å². The second-order valence-electron chi connectivity index (χ2n) is 4.64. The van der Waals surface area contributed by atoms with Crippen LogP contribution in [0.5, 0.6) is 0 Å². The fraction of sp³-hybridized carbons (Fsp3) is 0. The fourth-order valence-electron chi connectivity index (χ4n) is 1.87. The minimum atomic E-state index is -0.772. The van der Waals surface area contributed by atoms with Crippen molar-refractivity contribution in [2.45, 2.75) is 0 Å². The van der Waals surface area contributed by atoms with Crippen molar-refractivity contribution in [1.82, 2.24) is 15.2 Å². The average molecular weight is 368 g/mol. The Bertz CT molecular complexity index is 871. The number of hydrogen-bond donors (Lipinski definition) is 2. The predicted octanol–water partition coefficient (Wildman–Crippen LogP) is 4.94. The Kier molecular flexibility index (Phi) is 4.73. The number of hydrogen-bond acceptors (Lipinski definition) is 5. The second kappa shape index (κ2) is 6.94. The van der Waals surface area contributed by atoms with Gasteiger partial charge in [-0.25, -0.2) is 8.78 Å². The zero-order valence-corrected chi connectivity index (χ0v) is 13.4. The zero-order chi connectivity index (χ0) is 17.1. The highest BCUT2D eigenvalue weighted by molar-refractivity contribution is 6.39. The van der Waals surface area contributed by atoms with Gasteiger partial charge in [-0.2, -0.15) is 10.1 Å². The zero-order valence-electron chi connectivity index (χ0n) is 11.9. The van der Waals surface area contributed by atoms with Crippen LogP contribution in [0.2, 0.25) is 10.0 Å². The molecule has 1 heterocycles. The van der Waals surface area contributed by atoms with Gasteiger partial charge in [-0.3, -0.25) is 0 Å². The molecule has 3 aromatic rings. The number of nitrogens with zero attached hydrogens (tertiary/aromatic N) is 3. The third-order valence-corrected chi connectivity index (χ3v) is 3.58. The summed E-state index contributed by atoms with van der Waals surface area (Å²) in [6, 6.07) is 8.14. The van der Waals surface area contributed by atoms with Crippen molar-refractivity contribution in [3.8, 4) is 0 Å². The van der Waals surface area contributed by atoms with E-state index in [1.807, 2.05) is 0 Å². The maximum absolute atomic E-state index is 13.7. The van der Waals surface area contributed by atoms with E-state index in [0.29, 0.717) is 21.6 Å². The fourth-order valence-corrected chi connectivity index (χ4v) is 2.37. The molecule has 0 fully saturated rings. The molecule has 0 unspecified atom stereocenters. The van der Waals surface area contributed by atoms with Crippen molar-refractivity contribution in [2.75, 3.05) is 10.6 Å². The number of para-hydroxylation sites is 1. The van der Waals surface area contributed by atoms with Crippen molar-refractivity contribution in [3.63, 3.8) is 0 Å². The Balaban J connectivity index is 1.84. The SMILES string of the molecule is Fc1ccc(Nc2nncc(Nc3c(Cl)cccc3Cl)n2)c(F)c1. The molecule has 0 amide bonds. The molecule has 0 radical (unpaired) electrons. The third-order valence-electron chi connectivity index (χ3n) is 2.95. The molecule has 9 heteroatoms. The summed E-state index contributed by atoms with van der Waals surface area (Å²) < 4.78 is 26.6. The van der Waals surface area contributed by atoms with Crippen molar-refractivity contribution in [2.24, 2.45) is 0 Å². The quantitative estimate of drug-likeness (QED) is 0.683. The molecule has 0 saturated carbocycles. The number of benzene rings is 2. The normalized spacial score (nSPS) is 10.5.